The SMILES string of the molecule is [2H]c1c([2H])c(CCN)c([2H])c([2H])c1O. The van der Waals surface area contributed by atoms with Gasteiger partial charge < -0.3 is 10.8 Å². The lowest BCUT2D eigenvalue weighted by atomic mass is 10.1. The van der Waals surface area contributed by atoms with E-state index in [9.17, 15) is 5.11 Å². The molecule has 54 valence electrons. The van der Waals surface area contributed by atoms with E-state index >= 15 is 0 Å². The summed E-state index contributed by atoms with van der Waals surface area (Å²) < 4.78 is 29.6. The zero-order valence-corrected chi connectivity index (χ0v) is 5.44. The van der Waals surface area contributed by atoms with Crippen molar-refractivity contribution in [3.63, 3.8) is 0 Å². The molecule has 2 nitrogen and oxygen atoms in total. The second-order valence-corrected chi connectivity index (χ2v) is 1.87. The normalized spacial score (nSPS) is 15.3. The molecular weight excluding hydrogens is 126 g/mol. The van der Waals surface area contributed by atoms with Gasteiger partial charge in [0, 0.05) is 0 Å². The highest BCUT2D eigenvalue weighted by Crippen LogP contribution is 2.09. The molecule has 0 bridgehead atoms. The molecule has 0 heterocycles. The second-order valence-electron chi connectivity index (χ2n) is 1.87. The van der Waals surface area contributed by atoms with Crippen LogP contribution in [-0.2, 0) is 6.42 Å². The maximum Gasteiger partial charge on any atom is 0.115 e. The number of hydrogen-bond acceptors (Lipinski definition) is 2. The van der Waals surface area contributed by atoms with Gasteiger partial charge in [0.2, 0.25) is 0 Å². The molecule has 10 heavy (non-hydrogen) atoms. The van der Waals surface area contributed by atoms with Crippen LogP contribution >= 0.6 is 0 Å². The molecule has 0 fully saturated rings. The molecule has 0 amide bonds. The summed E-state index contributed by atoms with van der Waals surface area (Å²) in [4.78, 5) is 0. The lowest BCUT2D eigenvalue weighted by molar-refractivity contribution is 0.475. The van der Waals surface area contributed by atoms with E-state index in [4.69, 9.17) is 11.2 Å². The zero-order valence-electron chi connectivity index (χ0n) is 9.44. The smallest absolute Gasteiger partial charge is 0.115 e. The Bertz CT molecular complexity index is 338. The third kappa shape index (κ3) is 1.74. The fraction of sp³-hybridized carbons (Fsp3) is 0.250. The third-order valence-electron chi connectivity index (χ3n) is 1.06. The van der Waals surface area contributed by atoms with Crippen LogP contribution < -0.4 is 5.73 Å². The molecule has 1 aromatic rings. The predicted molar refractivity (Wildman–Crippen MR) is 40.9 cm³/mol. The zero-order chi connectivity index (χ0) is 10.9. The fourth-order valence-corrected chi connectivity index (χ4v) is 0.601. The first kappa shape index (κ1) is 3.39. The molecule has 1 rings (SSSR count). The molecule has 0 unspecified atom stereocenters. The van der Waals surface area contributed by atoms with Crippen LogP contribution in [0.5, 0.6) is 5.75 Å². The number of aromatic hydroxyl groups is 1. The van der Waals surface area contributed by atoms with Crippen molar-refractivity contribution in [2.45, 2.75) is 6.42 Å². The molecule has 0 aliphatic carbocycles. The summed E-state index contributed by atoms with van der Waals surface area (Å²) in [5, 5.41) is 9.21. The summed E-state index contributed by atoms with van der Waals surface area (Å²) in [6, 6.07) is -1.24. The summed E-state index contributed by atoms with van der Waals surface area (Å²) in [5.74, 6) is -0.610. The van der Waals surface area contributed by atoms with Crippen molar-refractivity contribution in [3.05, 3.63) is 29.7 Å². The van der Waals surface area contributed by atoms with Gasteiger partial charge >= 0.3 is 0 Å². The Morgan fingerprint density at radius 3 is 2.50 bits per heavy atom. The van der Waals surface area contributed by atoms with E-state index in [1.807, 2.05) is 0 Å². The van der Waals surface area contributed by atoms with E-state index in [1.165, 1.54) is 0 Å². The Balaban J connectivity index is 3.43. The van der Waals surface area contributed by atoms with Gasteiger partial charge in [0.25, 0.3) is 0 Å². The van der Waals surface area contributed by atoms with E-state index in [1.54, 1.807) is 0 Å². The van der Waals surface area contributed by atoms with Gasteiger partial charge in [-0.15, -0.1) is 0 Å². The van der Waals surface area contributed by atoms with Crippen LogP contribution in [0.15, 0.2) is 24.2 Å². The summed E-state index contributed by atoms with van der Waals surface area (Å²) >= 11 is 0. The van der Waals surface area contributed by atoms with Gasteiger partial charge in [0.15, 0.2) is 0 Å². The molecule has 0 radical (unpaired) electrons. The molecule has 0 saturated carbocycles. The number of benzene rings is 1. The second kappa shape index (κ2) is 3.22. The van der Waals surface area contributed by atoms with Crippen molar-refractivity contribution in [3.8, 4) is 5.75 Å². The molecule has 0 aliphatic heterocycles. The molecule has 0 saturated heterocycles. The van der Waals surface area contributed by atoms with Crippen LogP contribution in [0, 0.1) is 0 Å². The maximum absolute atomic E-state index is 9.21. The van der Waals surface area contributed by atoms with Crippen LogP contribution in [0.25, 0.3) is 0 Å². The quantitative estimate of drug-likeness (QED) is 0.642. The lowest BCUT2D eigenvalue weighted by Crippen LogP contribution is -2.01. The number of hydrogen-bond donors (Lipinski definition) is 2. The molecular formula is C8H11NO. The molecule has 0 atom stereocenters. The first-order valence-electron chi connectivity index (χ1n) is 4.99. The van der Waals surface area contributed by atoms with Crippen molar-refractivity contribution in [1.82, 2.24) is 0 Å². The minimum atomic E-state index is -0.610. The van der Waals surface area contributed by atoms with Gasteiger partial charge in [-0.25, -0.2) is 0 Å². The Labute approximate surface area is 65.9 Å². The van der Waals surface area contributed by atoms with Crippen LogP contribution in [-0.4, -0.2) is 11.7 Å². The molecule has 0 aliphatic rings. The Morgan fingerprint density at radius 2 is 2.00 bits per heavy atom. The van der Waals surface area contributed by atoms with Gasteiger partial charge in [-0.05, 0) is 30.6 Å². The van der Waals surface area contributed by atoms with Crippen LogP contribution in [0.4, 0.5) is 0 Å². The van der Waals surface area contributed by atoms with Crippen molar-refractivity contribution < 1.29 is 10.6 Å². The van der Waals surface area contributed by atoms with Crippen LogP contribution in [0.2, 0.25) is 0 Å². The first-order valence-corrected chi connectivity index (χ1v) is 2.99. The number of nitrogens with two attached hydrogens (primary N) is 1. The van der Waals surface area contributed by atoms with E-state index in [2.05, 4.69) is 0 Å². The number of phenols is 1. The third-order valence-corrected chi connectivity index (χ3v) is 1.06. The number of phenolic OH excluding ortho intramolecular Hbond substituents is 1. The van der Waals surface area contributed by atoms with Gasteiger partial charge in [-0.3, -0.25) is 0 Å². The van der Waals surface area contributed by atoms with Gasteiger partial charge in [-0.1, -0.05) is 12.1 Å². The van der Waals surface area contributed by atoms with E-state index in [0.29, 0.717) is 0 Å². The molecule has 2 heteroatoms. The van der Waals surface area contributed by atoms with Gasteiger partial charge in [-0.2, -0.15) is 0 Å². The van der Waals surface area contributed by atoms with E-state index in [0.717, 1.165) is 0 Å². The minimum Gasteiger partial charge on any atom is -0.508 e. The lowest BCUT2D eigenvalue weighted by Gasteiger charge is -1.96. The van der Waals surface area contributed by atoms with Crippen LogP contribution in [0.3, 0.4) is 0 Å². The predicted octanol–water partition coefficient (Wildman–Crippen LogP) is 0.893. The summed E-state index contributed by atoms with van der Waals surface area (Å²) in [7, 11) is 0. The minimum absolute atomic E-state index is 0.214. The standard InChI is InChI=1S/C8H11NO/c9-6-5-7-1-3-8(10)4-2-7/h1-4,10H,5-6,9H2/i1D,2D,3D,4D. The average molecular weight is 141 g/mol. The van der Waals surface area contributed by atoms with Crippen molar-refractivity contribution in [2.75, 3.05) is 6.54 Å². The van der Waals surface area contributed by atoms with Gasteiger partial charge in [0.1, 0.15) is 5.75 Å². The fourth-order valence-electron chi connectivity index (χ4n) is 0.601. The summed E-state index contributed by atoms with van der Waals surface area (Å²) in [6.07, 6.45) is 0.274. The highest BCUT2D eigenvalue weighted by atomic mass is 16.3. The summed E-state index contributed by atoms with van der Waals surface area (Å²) in [5.41, 5.74) is 5.54. The Morgan fingerprint density at radius 1 is 1.40 bits per heavy atom. The molecule has 3 N–H and O–H groups in total. The molecule has 1 aromatic carbocycles. The average Bonchev–Trinajstić information content (AvgIpc) is 2.19. The van der Waals surface area contributed by atoms with Crippen molar-refractivity contribution >= 4 is 0 Å². The van der Waals surface area contributed by atoms with Crippen molar-refractivity contribution in [2.24, 2.45) is 5.73 Å². The summed E-state index contributed by atoms with van der Waals surface area (Å²) in [6.45, 7) is 0.251. The molecule has 0 spiro atoms. The molecule has 0 aromatic heterocycles. The number of rotatable bonds is 2. The highest BCUT2D eigenvalue weighted by Gasteiger charge is 1.89. The maximum atomic E-state index is 9.21. The van der Waals surface area contributed by atoms with Crippen molar-refractivity contribution in [1.29, 1.82) is 0 Å². The first-order chi connectivity index (χ1) is 6.50. The Kier molecular flexibility index (Phi) is 1.09. The highest BCUT2D eigenvalue weighted by molar-refractivity contribution is 5.25. The van der Waals surface area contributed by atoms with E-state index in [-0.39, 0.29) is 30.6 Å². The topological polar surface area (TPSA) is 46.2 Å². The van der Waals surface area contributed by atoms with E-state index < -0.39 is 17.8 Å². The Hall–Kier alpha value is -1.02. The monoisotopic (exact) mass is 141 g/mol. The van der Waals surface area contributed by atoms with Crippen LogP contribution in [0.1, 0.15) is 11.0 Å². The van der Waals surface area contributed by atoms with Gasteiger partial charge in [0.05, 0.1) is 5.48 Å². The largest absolute Gasteiger partial charge is 0.508 e.